The van der Waals surface area contributed by atoms with Crippen molar-refractivity contribution >= 4 is 50.9 Å². The van der Waals surface area contributed by atoms with Crippen molar-refractivity contribution in [3.05, 3.63) is 117 Å². The molecule has 0 spiro atoms. The number of hydrogen-bond donors (Lipinski definition) is 1. The van der Waals surface area contributed by atoms with Gasteiger partial charge in [0.1, 0.15) is 34.1 Å². The van der Waals surface area contributed by atoms with Crippen LogP contribution in [0.2, 0.25) is 10.0 Å². The third-order valence-electron chi connectivity index (χ3n) is 11.9. The minimum atomic E-state index is -4.40. The summed E-state index contributed by atoms with van der Waals surface area (Å²) in [6, 6.07) is 12.9. The van der Waals surface area contributed by atoms with Crippen LogP contribution in [-0.4, -0.2) is 81.1 Å². The lowest BCUT2D eigenvalue weighted by Gasteiger charge is -2.44. The third kappa shape index (κ3) is 10.6. The maximum absolute atomic E-state index is 14.5. The number of halogens is 5. The van der Waals surface area contributed by atoms with Gasteiger partial charge in [0.15, 0.2) is 29.9 Å². The molecule has 1 aromatic heterocycles. The molecule has 5 fully saturated rings. The van der Waals surface area contributed by atoms with Crippen LogP contribution >= 0.6 is 23.2 Å². The Morgan fingerprint density at radius 1 is 0.905 bits per heavy atom. The van der Waals surface area contributed by atoms with Crippen LogP contribution < -0.4 is 19.5 Å². The van der Waals surface area contributed by atoms with E-state index in [1.54, 1.807) is 12.1 Å². The number of ether oxygens (including phenoxy) is 4. The summed E-state index contributed by atoms with van der Waals surface area (Å²) in [6.07, 6.45) is 4.46. The molecule has 336 valence electrons. The number of piperidine rings is 3. The Morgan fingerprint density at radius 2 is 1.65 bits per heavy atom. The number of benzene rings is 3. The highest BCUT2D eigenvalue weighted by molar-refractivity contribution is 7.89. The number of hydrogen-bond acceptors (Lipinski definition) is 11. The molecule has 19 heteroatoms. The van der Waals surface area contributed by atoms with Crippen LogP contribution in [0.3, 0.4) is 0 Å². The molecule has 1 saturated carbocycles. The molecular formula is C44H45Cl2F3N4O9S. The van der Waals surface area contributed by atoms with Crippen molar-refractivity contribution in [2.24, 2.45) is 11.8 Å². The van der Waals surface area contributed by atoms with E-state index in [4.69, 9.17) is 42.1 Å². The van der Waals surface area contributed by atoms with Gasteiger partial charge >= 0.3 is 18.6 Å². The number of sulfonamides is 1. The van der Waals surface area contributed by atoms with E-state index in [2.05, 4.69) is 10.2 Å². The number of alkyl halides is 2. The first-order valence-electron chi connectivity index (χ1n) is 20.8. The van der Waals surface area contributed by atoms with Crippen LogP contribution in [0.25, 0.3) is 0 Å². The Hall–Kier alpha value is -4.81. The van der Waals surface area contributed by atoms with E-state index < -0.39 is 52.6 Å². The zero-order chi connectivity index (χ0) is 44.4. The monoisotopic (exact) mass is 932 g/mol. The number of esters is 2. The summed E-state index contributed by atoms with van der Waals surface area (Å²) < 4.78 is 94.3. The van der Waals surface area contributed by atoms with Gasteiger partial charge in [-0.05, 0) is 117 Å². The van der Waals surface area contributed by atoms with Gasteiger partial charge in [-0.25, -0.2) is 17.6 Å². The van der Waals surface area contributed by atoms with Crippen molar-refractivity contribution in [3.63, 3.8) is 0 Å². The normalized spacial score (nSPS) is 22.1. The molecular weight excluding hydrogens is 888 g/mol. The van der Waals surface area contributed by atoms with Crippen molar-refractivity contribution in [1.29, 1.82) is 0 Å². The van der Waals surface area contributed by atoms with E-state index in [0.29, 0.717) is 17.7 Å². The van der Waals surface area contributed by atoms with Crippen LogP contribution in [-0.2, 0) is 35.5 Å². The maximum atomic E-state index is 14.5. The first-order valence-corrected chi connectivity index (χ1v) is 23.0. The van der Waals surface area contributed by atoms with Gasteiger partial charge in [0.25, 0.3) is 0 Å². The zero-order valence-corrected chi connectivity index (χ0v) is 36.2. The predicted molar refractivity (Wildman–Crippen MR) is 224 cm³/mol. The van der Waals surface area contributed by atoms with Gasteiger partial charge in [-0.15, -0.1) is 0 Å². The molecule has 4 saturated heterocycles. The molecule has 5 aliphatic rings. The van der Waals surface area contributed by atoms with Crippen molar-refractivity contribution < 1.29 is 54.9 Å². The Kier molecular flexibility index (Phi) is 13.6. The molecule has 0 radical (unpaired) electrons. The average molecular weight is 934 g/mol. The van der Waals surface area contributed by atoms with Gasteiger partial charge in [0, 0.05) is 30.8 Å². The highest BCUT2D eigenvalue weighted by atomic mass is 35.5. The van der Waals surface area contributed by atoms with E-state index in [9.17, 15) is 36.4 Å². The van der Waals surface area contributed by atoms with Gasteiger partial charge in [-0.3, -0.25) is 9.69 Å². The lowest BCUT2D eigenvalue weighted by Crippen LogP contribution is -2.52. The number of nitrogens with one attached hydrogen (secondary N) is 1. The average Bonchev–Trinajstić information content (AvgIpc) is 3.95. The minimum Gasteiger partial charge on any atom is -0.619 e. The third-order valence-corrected chi connectivity index (χ3v) is 14.5. The number of pyridine rings is 1. The Labute approximate surface area is 372 Å². The second-order valence-electron chi connectivity index (χ2n) is 16.3. The summed E-state index contributed by atoms with van der Waals surface area (Å²) in [5, 5.41) is 15.1. The summed E-state index contributed by atoms with van der Waals surface area (Å²) >= 11 is 12.9. The summed E-state index contributed by atoms with van der Waals surface area (Å²) in [5.74, 6) is -1.89. The second-order valence-corrected chi connectivity index (χ2v) is 19.0. The van der Waals surface area contributed by atoms with Gasteiger partial charge in [0.2, 0.25) is 10.0 Å². The van der Waals surface area contributed by atoms with Crippen LogP contribution in [0, 0.1) is 22.9 Å². The molecule has 63 heavy (non-hydrogen) atoms. The summed E-state index contributed by atoms with van der Waals surface area (Å²) in [7, 11) is -4.40. The quantitative estimate of drug-likeness (QED) is 0.0633. The van der Waals surface area contributed by atoms with Gasteiger partial charge in [0.05, 0.1) is 11.5 Å². The van der Waals surface area contributed by atoms with E-state index in [0.717, 1.165) is 55.5 Å². The fourth-order valence-electron chi connectivity index (χ4n) is 8.42. The van der Waals surface area contributed by atoms with Crippen molar-refractivity contribution in [2.45, 2.75) is 80.7 Å². The predicted octanol–water partition coefficient (Wildman–Crippen LogP) is 7.63. The number of nitrogens with zero attached hydrogens (tertiary/aromatic N) is 3. The molecule has 13 nitrogen and oxygen atoms in total. The molecule has 1 unspecified atom stereocenters. The van der Waals surface area contributed by atoms with Crippen LogP contribution in [0.4, 0.5) is 18.9 Å². The van der Waals surface area contributed by atoms with E-state index in [-0.39, 0.29) is 92.8 Å². The first kappa shape index (κ1) is 44.8. The number of fused-ring (bicyclic) bond motifs is 3. The largest absolute Gasteiger partial charge is 0.619 e. The molecule has 1 aliphatic carbocycles. The van der Waals surface area contributed by atoms with E-state index in [1.807, 2.05) is 0 Å². The van der Waals surface area contributed by atoms with Gasteiger partial charge < -0.3 is 29.5 Å². The van der Waals surface area contributed by atoms with Crippen molar-refractivity contribution in [2.75, 3.05) is 38.1 Å². The van der Waals surface area contributed by atoms with Crippen LogP contribution in [0.15, 0.2) is 84.0 Å². The lowest BCUT2D eigenvalue weighted by molar-refractivity contribution is -0.605. The van der Waals surface area contributed by atoms with Crippen molar-refractivity contribution in [1.82, 2.24) is 9.21 Å². The molecule has 4 aromatic rings. The molecule has 4 aliphatic heterocycles. The fourth-order valence-corrected chi connectivity index (χ4v) is 10.7. The number of carbonyl (C=O) groups is 2. The molecule has 4 atom stereocenters. The highest BCUT2D eigenvalue weighted by Gasteiger charge is 2.42. The summed E-state index contributed by atoms with van der Waals surface area (Å²) in [6.45, 7) is -0.447. The Bertz CT molecular complexity index is 2420. The molecule has 0 amide bonds. The first-order chi connectivity index (χ1) is 30.2. The lowest BCUT2D eigenvalue weighted by atomic mass is 9.86. The molecule has 3 aromatic carbocycles. The topological polar surface area (TPSA) is 151 Å². The smallest absolute Gasteiger partial charge is 0.387 e. The fraction of sp³-hybridized carbons (Fsp3) is 0.432. The minimum absolute atomic E-state index is 0.0196. The molecule has 2 bridgehead atoms. The van der Waals surface area contributed by atoms with Crippen LogP contribution in [0.5, 0.6) is 11.5 Å². The van der Waals surface area contributed by atoms with E-state index in [1.165, 1.54) is 54.6 Å². The highest BCUT2D eigenvalue weighted by Crippen LogP contribution is 2.39. The Morgan fingerprint density at radius 3 is 2.33 bits per heavy atom. The van der Waals surface area contributed by atoms with Gasteiger partial charge in [-0.2, -0.15) is 17.8 Å². The maximum Gasteiger partial charge on any atom is 0.387 e. The molecule has 9 rings (SSSR count). The molecule has 1 N–H and O–H groups in total. The summed E-state index contributed by atoms with van der Waals surface area (Å²) in [4.78, 5) is 30.1. The molecule has 5 heterocycles. The van der Waals surface area contributed by atoms with E-state index >= 15 is 0 Å². The SMILES string of the molecule is O=C(O[C@H]1CN2CCC1CC2)C(Nc1cccc(S(=O)(=O)N2CCC[C@@H]2C(=O)O[C@@H](Cc2c(Cl)c[n+]([O-])cc2Cl)c2ccc(OC(F)F)c(OCC3CC3)c2)c1)c1cccc(F)c1. The number of aromatic nitrogens is 1. The second kappa shape index (κ2) is 19.1. The zero-order valence-electron chi connectivity index (χ0n) is 33.8. The number of carbonyl (C=O) groups excluding carboxylic acids is 2. The number of rotatable bonds is 17. The summed E-state index contributed by atoms with van der Waals surface area (Å²) in [5.41, 5.74) is 1.02. The Balaban J connectivity index is 1.04. The number of anilines is 1. The standard InChI is InChI=1S/C44H45Cl2F3N4O9S/c45-34-22-52(56)23-35(46)33(34)21-38(28-11-12-37(62-44(48)49)39(19-28)59-25-26-9-10-26)60-42(54)36-8-3-15-53(36)63(57,58)32-7-2-6-31(20-32)50-41(29-4-1-5-30(47)18-29)43(55)61-40-24-51-16-13-27(40)14-17-51/h1-2,4-7,11-12,18-20,22-23,26-27,36,38,40-41,44,50H,3,8-10,13-17,21,24-25H2/t36-,38+,40+,41?/m1/s1. The van der Waals surface area contributed by atoms with Crippen LogP contribution in [0.1, 0.15) is 67.4 Å². The van der Waals surface area contributed by atoms with Crippen molar-refractivity contribution in [3.8, 4) is 11.5 Å². The van der Waals surface area contributed by atoms with Gasteiger partial charge in [-0.1, -0.05) is 47.5 Å².